The second-order valence-corrected chi connectivity index (χ2v) is 6.78. The number of carbonyl (C=O) groups excluding carboxylic acids is 2. The van der Waals surface area contributed by atoms with Crippen molar-refractivity contribution in [3.63, 3.8) is 0 Å². The summed E-state index contributed by atoms with van der Waals surface area (Å²) >= 11 is 0. The van der Waals surface area contributed by atoms with Gasteiger partial charge in [-0.2, -0.15) is 0 Å². The van der Waals surface area contributed by atoms with Gasteiger partial charge in [0.1, 0.15) is 5.75 Å². The predicted octanol–water partition coefficient (Wildman–Crippen LogP) is 1.91. The summed E-state index contributed by atoms with van der Waals surface area (Å²) in [5, 5.41) is 4.77. The van der Waals surface area contributed by atoms with Crippen molar-refractivity contribution in [2.45, 2.75) is 26.4 Å². The number of carbonyl (C=O) groups is 2. The first-order chi connectivity index (χ1) is 12.3. The second kappa shape index (κ2) is 8.67. The molecule has 0 bridgehead atoms. The molecule has 0 fully saturated rings. The molecule has 0 unspecified atom stereocenters. The van der Waals surface area contributed by atoms with Gasteiger partial charge in [0.15, 0.2) is 0 Å². The lowest BCUT2D eigenvalue weighted by atomic mass is 10.1. The molecule has 1 atom stereocenters. The van der Waals surface area contributed by atoms with E-state index in [1.165, 1.54) is 0 Å². The van der Waals surface area contributed by atoms with Crippen molar-refractivity contribution in [2.75, 3.05) is 20.7 Å². The molecule has 26 heavy (non-hydrogen) atoms. The zero-order chi connectivity index (χ0) is 19.3. The van der Waals surface area contributed by atoms with Crippen LogP contribution < -0.4 is 15.8 Å². The molecule has 2 aromatic rings. The molecule has 140 valence electrons. The molecule has 6 heteroatoms. The van der Waals surface area contributed by atoms with Gasteiger partial charge < -0.3 is 20.7 Å². The summed E-state index contributed by atoms with van der Waals surface area (Å²) in [6.45, 7) is 4.15. The van der Waals surface area contributed by atoms with Gasteiger partial charge in [-0.3, -0.25) is 9.59 Å². The minimum atomic E-state index is -0.606. The van der Waals surface area contributed by atoms with Crippen LogP contribution in [0.3, 0.4) is 0 Å². The fraction of sp³-hybridized carbons (Fsp3) is 0.400. The molecule has 0 saturated heterocycles. The van der Waals surface area contributed by atoms with Gasteiger partial charge in [0.05, 0.1) is 19.7 Å². The standard InChI is InChI=1S/C20H27N3O3/c1-13(2)19(21)20(25)22-11-18(24)23(3)12-14-5-6-16-10-17(26-4)8-7-15(16)9-14/h5-10,13,19H,11-12,21H2,1-4H3,(H,22,25)/t19-/m0/s1. The quantitative estimate of drug-likeness (QED) is 0.793. The van der Waals surface area contributed by atoms with Crippen molar-refractivity contribution in [3.8, 4) is 5.75 Å². The number of nitrogens with one attached hydrogen (secondary N) is 1. The largest absolute Gasteiger partial charge is 0.497 e. The molecule has 0 aliphatic rings. The first kappa shape index (κ1) is 19.7. The summed E-state index contributed by atoms with van der Waals surface area (Å²) < 4.78 is 5.23. The highest BCUT2D eigenvalue weighted by atomic mass is 16.5. The Hall–Kier alpha value is -2.60. The molecule has 0 aromatic heterocycles. The van der Waals surface area contributed by atoms with Crippen LogP contribution in [0.4, 0.5) is 0 Å². The Morgan fingerprint density at radius 1 is 1.15 bits per heavy atom. The van der Waals surface area contributed by atoms with Gasteiger partial charge in [0, 0.05) is 13.6 Å². The first-order valence-electron chi connectivity index (χ1n) is 8.65. The van der Waals surface area contributed by atoms with Crippen LogP contribution in [0.25, 0.3) is 10.8 Å². The van der Waals surface area contributed by atoms with Crippen molar-refractivity contribution in [3.05, 3.63) is 42.0 Å². The zero-order valence-corrected chi connectivity index (χ0v) is 15.8. The molecule has 2 amide bonds. The van der Waals surface area contributed by atoms with E-state index in [9.17, 15) is 9.59 Å². The topological polar surface area (TPSA) is 84.7 Å². The maximum absolute atomic E-state index is 12.2. The number of nitrogens with zero attached hydrogens (tertiary/aromatic N) is 1. The van der Waals surface area contributed by atoms with Gasteiger partial charge in [-0.15, -0.1) is 0 Å². The van der Waals surface area contributed by atoms with Crippen LogP contribution >= 0.6 is 0 Å². The average Bonchev–Trinajstić information content (AvgIpc) is 2.64. The summed E-state index contributed by atoms with van der Waals surface area (Å²) in [6, 6.07) is 11.3. The molecule has 0 aliphatic heterocycles. The molecular formula is C20H27N3O3. The lowest BCUT2D eigenvalue weighted by Gasteiger charge is -2.20. The number of nitrogens with two attached hydrogens (primary N) is 1. The smallest absolute Gasteiger partial charge is 0.242 e. The Morgan fingerprint density at radius 3 is 2.46 bits per heavy atom. The van der Waals surface area contributed by atoms with Crippen molar-refractivity contribution >= 4 is 22.6 Å². The van der Waals surface area contributed by atoms with E-state index in [1.54, 1.807) is 19.1 Å². The summed E-state index contributed by atoms with van der Waals surface area (Å²) in [5.41, 5.74) is 6.79. The normalized spacial score (nSPS) is 12.1. The minimum Gasteiger partial charge on any atom is -0.497 e. The number of likely N-dealkylation sites (N-methyl/N-ethyl adjacent to an activating group) is 1. The number of amides is 2. The van der Waals surface area contributed by atoms with E-state index in [1.807, 2.05) is 50.2 Å². The monoisotopic (exact) mass is 357 g/mol. The van der Waals surface area contributed by atoms with Crippen LogP contribution in [0.15, 0.2) is 36.4 Å². The van der Waals surface area contributed by atoms with Gasteiger partial charge in [0.25, 0.3) is 0 Å². The predicted molar refractivity (Wildman–Crippen MR) is 103 cm³/mol. The molecule has 0 radical (unpaired) electrons. The van der Waals surface area contributed by atoms with Gasteiger partial charge >= 0.3 is 0 Å². The van der Waals surface area contributed by atoms with E-state index < -0.39 is 6.04 Å². The van der Waals surface area contributed by atoms with Crippen molar-refractivity contribution in [2.24, 2.45) is 11.7 Å². The number of rotatable bonds is 7. The molecule has 0 spiro atoms. The van der Waals surface area contributed by atoms with Crippen molar-refractivity contribution < 1.29 is 14.3 Å². The van der Waals surface area contributed by atoms with E-state index in [0.717, 1.165) is 22.1 Å². The summed E-state index contributed by atoms with van der Waals surface area (Å²) in [4.78, 5) is 25.7. The van der Waals surface area contributed by atoms with Crippen molar-refractivity contribution in [1.82, 2.24) is 10.2 Å². The molecule has 0 heterocycles. The molecule has 0 aliphatic carbocycles. The summed E-state index contributed by atoms with van der Waals surface area (Å²) in [7, 11) is 3.36. The Balaban J connectivity index is 1.96. The number of ether oxygens (including phenoxy) is 1. The highest BCUT2D eigenvalue weighted by Crippen LogP contribution is 2.22. The highest BCUT2D eigenvalue weighted by molar-refractivity contribution is 5.87. The lowest BCUT2D eigenvalue weighted by molar-refractivity contribution is -0.132. The SMILES string of the molecule is COc1ccc2cc(CN(C)C(=O)CNC(=O)[C@@H](N)C(C)C)ccc2c1. The van der Waals surface area contributed by atoms with Gasteiger partial charge in [-0.25, -0.2) is 0 Å². The maximum atomic E-state index is 12.2. The third kappa shape index (κ3) is 4.95. The zero-order valence-electron chi connectivity index (χ0n) is 15.8. The average molecular weight is 357 g/mol. The number of benzene rings is 2. The van der Waals surface area contributed by atoms with Crippen LogP contribution in [0, 0.1) is 5.92 Å². The number of methoxy groups -OCH3 is 1. The van der Waals surface area contributed by atoms with E-state index in [0.29, 0.717) is 6.54 Å². The summed E-state index contributed by atoms with van der Waals surface area (Å²) in [6.07, 6.45) is 0. The third-order valence-corrected chi connectivity index (χ3v) is 4.39. The van der Waals surface area contributed by atoms with Crippen LogP contribution in [0.1, 0.15) is 19.4 Å². The van der Waals surface area contributed by atoms with E-state index in [-0.39, 0.29) is 24.3 Å². The van der Waals surface area contributed by atoms with Gasteiger partial charge in [-0.1, -0.05) is 32.0 Å². The van der Waals surface area contributed by atoms with E-state index in [4.69, 9.17) is 10.5 Å². The van der Waals surface area contributed by atoms with Crippen LogP contribution in [-0.2, 0) is 16.1 Å². The number of hydrogen-bond donors (Lipinski definition) is 2. The van der Waals surface area contributed by atoms with Gasteiger partial charge in [-0.05, 0) is 40.5 Å². The Kier molecular flexibility index (Phi) is 6.58. The lowest BCUT2D eigenvalue weighted by Crippen LogP contribution is -2.47. The molecule has 6 nitrogen and oxygen atoms in total. The fourth-order valence-corrected chi connectivity index (χ4v) is 2.58. The second-order valence-electron chi connectivity index (χ2n) is 6.78. The molecular weight excluding hydrogens is 330 g/mol. The minimum absolute atomic E-state index is 0.0269. The van der Waals surface area contributed by atoms with E-state index >= 15 is 0 Å². The maximum Gasteiger partial charge on any atom is 0.242 e. The van der Waals surface area contributed by atoms with Crippen LogP contribution in [-0.4, -0.2) is 43.5 Å². The van der Waals surface area contributed by atoms with Crippen molar-refractivity contribution in [1.29, 1.82) is 0 Å². The fourth-order valence-electron chi connectivity index (χ4n) is 2.58. The first-order valence-corrected chi connectivity index (χ1v) is 8.65. The molecule has 3 N–H and O–H groups in total. The molecule has 2 aromatic carbocycles. The molecule has 0 saturated carbocycles. The van der Waals surface area contributed by atoms with Crippen LogP contribution in [0.2, 0.25) is 0 Å². The van der Waals surface area contributed by atoms with Gasteiger partial charge in [0.2, 0.25) is 11.8 Å². The Labute approximate surface area is 154 Å². The summed E-state index contributed by atoms with van der Waals surface area (Å²) in [5.74, 6) is 0.373. The molecule has 2 rings (SSSR count). The van der Waals surface area contributed by atoms with Crippen LogP contribution in [0.5, 0.6) is 5.75 Å². The number of hydrogen-bond acceptors (Lipinski definition) is 4. The Morgan fingerprint density at radius 2 is 1.81 bits per heavy atom. The highest BCUT2D eigenvalue weighted by Gasteiger charge is 2.18. The Bertz CT molecular complexity index is 789. The third-order valence-electron chi connectivity index (χ3n) is 4.39. The van der Waals surface area contributed by atoms with E-state index in [2.05, 4.69) is 5.32 Å². The number of fused-ring (bicyclic) bond motifs is 1.